The number of hydrogen-bond acceptors (Lipinski definition) is 3. The molecule has 0 bridgehead atoms. The molecule has 5 aliphatic rings. The summed E-state index contributed by atoms with van der Waals surface area (Å²) in [4.78, 5) is 10.3. The second-order valence-electron chi connectivity index (χ2n) is 18.1. The summed E-state index contributed by atoms with van der Waals surface area (Å²) in [6.07, 6.45) is 20.3. The Bertz CT molecular complexity index is 3630. The Kier molecular flexibility index (Phi) is 8.29. The molecular formula is C61H45N5. The normalized spacial score (nSPS) is 19.5. The Labute approximate surface area is 384 Å². The molecule has 0 spiro atoms. The third-order valence-electron chi connectivity index (χ3n) is 14.6. The lowest BCUT2D eigenvalue weighted by Crippen LogP contribution is -2.33. The van der Waals surface area contributed by atoms with Crippen LogP contribution in [0.15, 0.2) is 241 Å². The molecule has 9 aromatic rings. The van der Waals surface area contributed by atoms with Crippen molar-refractivity contribution in [1.82, 2.24) is 14.1 Å². The number of benzene rings is 7. The summed E-state index contributed by atoms with van der Waals surface area (Å²) < 4.78 is 4.68. The van der Waals surface area contributed by atoms with Gasteiger partial charge in [-0.05, 0) is 139 Å². The van der Waals surface area contributed by atoms with Gasteiger partial charge in [0.25, 0.3) is 0 Å². The highest BCUT2D eigenvalue weighted by atomic mass is 15.2. The summed E-state index contributed by atoms with van der Waals surface area (Å²) in [5.74, 6) is 1.22. The predicted octanol–water partition coefficient (Wildman–Crippen LogP) is 14.6. The van der Waals surface area contributed by atoms with E-state index >= 15 is 0 Å². The highest BCUT2D eigenvalue weighted by Gasteiger charge is 2.41. The van der Waals surface area contributed by atoms with E-state index < -0.39 is 0 Å². The van der Waals surface area contributed by atoms with Gasteiger partial charge in [0, 0.05) is 62.0 Å². The van der Waals surface area contributed by atoms with Crippen molar-refractivity contribution in [1.29, 1.82) is 0 Å². The zero-order chi connectivity index (χ0) is 43.3. The van der Waals surface area contributed by atoms with Gasteiger partial charge in [-0.15, -0.1) is 0 Å². The summed E-state index contributed by atoms with van der Waals surface area (Å²) in [5, 5.41) is 2.58. The fourth-order valence-electron chi connectivity index (χ4n) is 11.7. The minimum atomic E-state index is 0.215. The van der Waals surface area contributed by atoms with Crippen LogP contribution in [0.3, 0.4) is 0 Å². The summed E-state index contributed by atoms with van der Waals surface area (Å²) >= 11 is 0. The van der Waals surface area contributed by atoms with Crippen LogP contribution in [-0.2, 0) is 0 Å². The lowest BCUT2D eigenvalue weighted by molar-refractivity contribution is 0.677. The Morgan fingerprint density at radius 2 is 1.26 bits per heavy atom. The number of anilines is 3. The molecule has 7 aromatic carbocycles. The van der Waals surface area contributed by atoms with E-state index in [1.165, 1.54) is 78.1 Å². The van der Waals surface area contributed by atoms with Gasteiger partial charge in [-0.3, -0.25) is 4.57 Å². The lowest BCUT2D eigenvalue weighted by Gasteiger charge is -2.33. The van der Waals surface area contributed by atoms with Gasteiger partial charge in [-0.2, -0.15) is 0 Å². The van der Waals surface area contributed by atoms with E-state index in [0.717, 1.165) is 47.4 Å². The van der Waals surface area contributed by atoms with Crippen LogP contribution in [0.4, 0.5) is 17.1 Å². The molecule has 0 saturated heterocycles. The molecule has 3 unspecified atom stereocenters. The van der Waals surface area contributed by atoms with Crippen LogP contribution in [0.2, 0.25) is 0 Å². The van der Waals surface area contributed by atoms with Crippen molar-refractivity contribution in [2.45, 2.75) is 31.3 Å². The molecule has 0 N–H and O–H groups in total. The molecule has 0 radical (unpaired) electrons. The zero-order valence-corrected chi connectivity index (χ0v) is 36.4. The van der Waals surface area contributed by atoms with E-state index in [0.29, 0.717) is 0 Å². The van der Waals surface area contributed by atoms with Crippen molar-refractivity contribution in [3.63, 3.8) is 0 Å². The van der Waals surface area contributed by atoms with Gasteiger partial charge < -0.3 is 14.4 Å². The molecule has 2 aliphatic heterocycles. The topological polar surface area (TPSA) is 29.2 Å². The number of hydrogen-bond donors (Lipinski definition) is 0. The summed E-state index contributed by atoms with van der Waals surface area (Å²) in [7, 11) is 0. The van der Waals surface area contributed by atoms with Crippen molar-refractivity contribution in [2.24, 2.45) is 5.92 Å². The molecule has 0 saturated carbocycles. The monoisotopic (exact) mass is 847 g/mol. The summed E-state index contributed by atoms with van der Waals surface area (Å²) in [6.45, 7) is 0. The number of nitrogens with zero attached hydrogens (tertiary/aromatic N) is 5. The summed E-state index contributed by atoms with van der Waals surface area (Å²) in [6, 6.07) is 64.1. The van der Waals surface area contributed by atoms with Gasteiger partial charge in [0.05, 0.1) is 34.2 Å². The van der Waals surface area contributed by atoms with Crippen molar-refractivity contribution in [2.75, 3.05) is 9.80 Å². The van der Waals surface area contributed by atoms with Crippen LogP contribution in [0.1, 0.15) is 24.8 Å². The zero-order valence-electron chi connectivity index (χ0n) is 36.4. The van der Waals surface area contributed by atoms with Crippen molar-refractivity contribution in [3.05, 3.63) is 246 Å². The van der Waals surface area contributed by atoms with Gasteiger partial charge >= 0.3 is 0 Å². The van der Waals surface area contributed by atoms with Gasteiger partial charge in [-0.1, -0.05) is 121 Å². The maximum absolute atomic E-state index is 5.15. The van der Waals surface area contributed by atoms with Crippen molar-refractivity contribution >= 4 is 55.5 Å². The van der Waals surface area contributed by atoms with Gasteiger partial charge in [0.2, 0.25) is 0 Å². The first-order chi connectivity index (χ1) is 32.7. The average Bonchev–Trinajstić information content (AvgIpc) is 4.13. The number of para-hydroxylation sites is 6. The molecule has 0 amide bonds. The molecule has 4 heterocycles. The molecule has 3 atom stereocenters. The second-order valence-corrected chi connectivity index (χ2v) is 18.1. The first-order valence-corrected chi connectivity index (χ1v) is 23.4. The predicted molar refractivity (Wildman–Crippen MR) is 273 cm³/mol. The molecule has 314 valence electrons. The number of allylic oxidation sites excluding steroid dienone is 7. The molecule has 5 heteroatoms. The smallest absolute Gasteiger partial charge is 0.145 e. The minimum absolute atomic E-state index is 0.215. The van der Waals surface area contributed by atoms with E-state index in [1.807, 2.05) is 0 Å². The first kappa shape index (κ1) is 37.2. The van der Waals surface area contributed by atoms with E-state index in [1.54, 1.807) is 0 Å². The summed E-state index contributed by atoms with van der Waals surface area (Å²) in [5.41, 5.74) is 19.9. The van der Waals surface area contributed by atoms with E-state index in [9.17, 15) is 0 Å². The van der Waals surface area contributed by atoms with E-state index in [-0.39, 0.29) is 18.0 Å². The molecule has 0 fully saturated rings. The second kappa shape index (κ2) is 14.7. The number of aromatic nitrogens is 3. The highest BCUT2D eigenvalue weighted by Crippen LogP contribution is 2.51. The molecule has 14 rings (SSSR count). The minimum Gasteiger partial charge on any atom is -0.337 e. The Morgan fingerprint density at radius 1 is 0.545 bits per heavy atom. The van der Waals surface area contributed by atoms with Crippen LogP contribution in [0.5, 0.6) is 0 Å². The van der Waals surface area contributed by atoms with Gasteiger partial charge in [-0.25, -0.2) is 4.98 Å². The van der Waals surface area contributed by atoms with Crippen LogP contribution in [0, 0.1) is 5.92 Å². The third-order valence-corrected chi connectivity index (χ3v) is 14.6. The van der Waals surface area contributed by atoms with Crippen molar-refractivity contribution < 1.29 is 0 Å². The SMILES string of the molecule is C1=CC2=C(CC1)N(c1ccc3c(c1)c1ccccc1n3-c1ccccc1)C1C=CC(C3=CCC4C(=C3)c3ccccc3N4c3ccc(-c4nc5ccccc5n4-c4ccccc4)cc3)=CC21. The third kappa shape index (κ3) is 5.62. The molecule has 5 nitrogen and oxygen atoms in total. The lowest BCUT2D eigenvalue weighted by atomic mass is 9.82. The molecule has 66 heavy (non-hydrogen) atoms. The Morgan fingerprint density at radius 3 is 2.11 bits per heavy atom. The van der Waals surface area contributed by atoms with Crippen LogP contribution < -0.4 is 9.80 Å². The van der Waals surface area contributed by atoms with Crippen LogP contribution in [-0.4, -0.2) is 26.2 Å². The number of imidazole rings is 1. The number of fused-ring (bicyclic) bond motifs is 9. The quantitative estimate of drug-likeness (QED) is 0.167. The Hall–Kier alpha value is -8.15. The largest absolute Gasteiger partial charge is 0.337 e. The maximum atomic E-state index is 5.15. The van der Waals surface area contributed by atoms with E-state index in [2.05, 4.69) is 237 Å². The fraction of sp³-hybridized carbons (Fsp3) is 0.0984. The molecule has 2 aromatic heterocycles. The molecular weight excluding hydrogens is 803 g/mol. The van der Waals surface area contributed by atoms with Gasteiger partial charge in [0.1, 0.15) is 5.82 Å². The molecule has 3 aliphatic carbocycles. The average molecular weight is 848 g/mol. The first-order valence-electron chi connectivity index (χ1n) is 23.4. The van der Waals surface area contributed by atoms with E-state index in [4.69, 9.17) is 4.98 Å². The van der Waals surface area contributed by atoms with Gasteiger partial charge in [0.15, 0.2) is 0 Å². The maximum Gasteiger partial charge on any atom is 0.145 e. The van der Waals surface area contributed by atoms with Crippen molar-refractivity contribution in [3.8, 4) is 22.8 Å². The Balaban J connectivity index is 0.785. The number of rotatable bonds is 6. The standard InChI is InChI=1S/C61H45N5/c1-3-15-43(16-4-1)63-55-24-12-9-21-49(55)52-39-46(33-36-59(52)63)65-56-25-13-8-20-48(56)51-38-42(30-35-58(51)65)41-29-34-57-50(37-41)47-19-7-11-23-54(47)64(57)45-31-27-40(28-32-45)61-62-53-22-10-14-26-60(53)66(61)44-17-5-2-6-18-44/h1-12,14-24,26-33,35-39,51,57-58H,13,25,34H2. The van der Waals surface area contributed by atoms with Crippen LogP contribution >= 0.6 is 0 Å². The van der Waals surface area contributed by atoms with Crippen LogP contribution in [0.25, 0.3) is 61.2 Å². The highest BCUT2D eigenvalue weighted by molar-refractivity contribution is 6.10. The fourth-order valence-corrected chi connectivity index (χ4v) is 11.7.